The molecule has 17 heavy (non-hydrogen) atoms. The maximum absolute atomic E-state index is 13.1. The molecule has 0 spiro atoms. The summed E-state index contributed by atoms with van der Waals surface area (Å²) in [6, 6.07) is 0.0101. The predicted molar refractivity (Wildman–Crippen MR) is 58.4 cm³/mol. The summed E-state index contributed by atoms with van der Waals surface area (Å²) in [7, 11) is 1.33. The molecule has 0 radical (unpaired) electrons. The van der Waals surface area contributed by atoms with Crippen LogP contribution in [0.2, 0.25) is 0 Å². The van der Waals surface area contributed by atoms with Gasteiger partial charge in [-0.25, -0.2) is 4.98 Å². The number of aromatic nitrogens is 2. The van der Waals surface area contributed by atoms with E-state index >= 15 is 0 Å². The molecule has 1 atom stereocenters. The monoisotopic (exact) mass is 240 g/mol. The van der Waals surface area contributed by atoms with Gasteiger partial charge in [-0.05, 0) is 6.92 Å². The highest BCUT2D eigenvalue weighted by molar-refractivity contribution is 5.82. The van der Waals surface area contributed by atoms with Gasteiger partial charge in [0.25, 0.3) is 5.88 Å². The lowest BCUT2D eigenvalue weighted by atomic mass is 10.2. The van der Waals surface area contributed by atoms with E-state index in [-0.39, 0.29) is 24.4 Å². The number of amides is 1. The van der Waals surface area contributed by atoms with Gasteiger partial charge in [0, 0.05) is 12.6 Å². The number of ether oxygens (including phenoxy) is 1. The van der Waals surface area contributed by atoms with Gasteiger partial charge in [-0.15, -0.1) is 0 Å². The number of hydrogen-bond acceptors (Lipinski definition) is 5. The Morgan fingerprint density at radius 2 is 2.41 bits per heavy atom. The Morgan fingerprint density at radius 3 is 3.06 bits per heavy atom. The highest BCUT2D eigenvalue weighted by atomic mass is 19.1. The normalized spacial score (nSPS) is 20.1. The molecule has 1 N–H and O–H groups in total. The van der Waals surface area contributed by atoms with Crippen LogP contribution in [0.5, 0.6) is 5.88 Å². The SMILES string of the molecule is COc1nc(N2CC(=O)N[C@H](C)C2)ncc1F. The Hall–Kier alpha value is -1.92. The molecule has 1 aromatic heterocycles. The number of nitrogens with one attached hydrogen (secondary N) is 1. The molecule has 0 bridgehead atoms. The van der Waals surface area contributed by atoms with Gasteiger partial charge in [0.2, 0.25) is 17.7 Å². The van der Waals surface area contributed by atoms with Gasteiger partial charge in [-0.1, -0.05) is 0 Å². The summed E-state index contributed by atoms with van der Waals surface area (Å²) in [5, 5.41) is 2.78. The van der Waals surface area contributed by atoms with Gasteiger partial charge in [0.15, 0.2) is 0 Å². The van der Waals surface area contributed by atoms with Gasteiger partial charge in [0.05, 0.1) is 19.9 Å². The maximum Gasteiger partial charge on any atom is 0.255 e. The summed E-state index contributed by atoms with van der Waals surface area (Å²) in [6.45, 7) is 2.63. The van der Waals surface area contributed by atoms with Crippen LogP contribution in [-0.4, -0.2) is 42.1 Å². The van der Waals surface area contributed by atoms with Gasteiger partial charge >= 0.3 is 0 Å². The van der Waals surface area contributed by atoms with Crippen molar-refractivity contribution in [3.8, 4) is 5.88 Å². The number of rotatable bonds is 2. The van der Waals surface area contributed by atoms with Crippen LogP contribution in [0.25, 0.3) is 0 Å². The van der Waals surface area contributed by atoms with Crippen LogP contribution >= 0.6 is 0 Å². The second kappa shape index (κ2) is 4.52. The van der Waals surface area contributed by atoms with Gasteiger partial charge in [0.1, 0.15) is 0 Å². The number of nitrogens with zero attached hydrogens (tertiary/aromatic N) is 3. The summed E-state index contributed by atoms with van der Waals surface area (Å²) in [5.41, 5.74) is 0. The number of hydrogen-bond donors (Lipinski definition) is 1. The minimum atomic E-state index is -0.620. The molecule has 1 aliphatic heterocycles. The van der Waals surface area contributed by atoms with Crippen LogP contribution in [0.4, 0.5) is 10.3 Å². The van der Waals surface area contributed by atoms with E-state index in [1.54, 1.807) is 4.90 Å². The topological polar surface area (TPSA) is 67.3 Å². The Balaban J connectivity index is 2.24. The maximum atomic E-state index is 13.1. The Morgan fingerprint density at radius 1 is 1.65 bits per heavy atom. The van der Waals surface area contributed by atoms with Gasteiger partial charge in [-0.3, -0.25) is 4.79 Å². The Kier molecular flexibility index (Phi) is 3.08. The number of carbonyl (C=O) groups excluding carboxylic acids is 1. The second-order valence-corrected chi connectivity index (χ2v) is 3.88. The molecule has 1 fully saturated rings. The average molecular weight is 240 g/mol. The largest absolute Gasteiger partial charge is 0.479 e. The molecule has 1 aromatic rings. The second-order valence-electron chi connectivity index (χ2n) is 3.88. The molecular formula is C10H13FN4O2. The van der Waals surface area contributed by atoms with Crippen molar-refractivity contribution >= 4 is 11.9 Å². The van der Waals surface area contributed by atoms with Crippen LogP contribution in [0.15, 0.2) is 6.20 Å². The molecule has 0 aliphatic carbocycles. The zero-order chi connectivity index (χ0) is 12.4. The number of halogens is 1. The molecule has 0 saturated carbocycles. The first kappa shape index (κ1) is 11.6. The molecule has 2 heterocycles. The number of piperazine rings is 1. The Bertz CT molecular complexity index is 440. The molecule has 1 saturated heterocycles. The zero-order valence-electron chi connectivity index (χ0n) is 9.61. The van der Waals surface area contributed by atoms with Crippen molar-refractivity contribution in [3.05, 3.63) is 12.0 Å². The van der Waals surface area contributed by atoms with Crippen molar-refractivity contribution in [2.24, 2.45) is 0 Å². The van der Waals surface area contributed by atoms with Crippen molar-refractivity contribution < 1.29 is 13.9 Å². The first-order valence-corrected chi connectivity index (χ1v) is 5.21. The van der Waals surface area contributed by atoms with Gasteiger partial charge in [-0.2, -0.15) is 9.37 Å². The van der Waals surface area contributed by atoms with Crippen molar-refractivity contribution in [2.75, 3.05) is 25.1 Å². The van der Waals surface area contributed by atoms with Crippen LogP contribution in [0, 0.1) is 5.82 Å². The van der Waals surface area contributed by atoms with E-state index in [9.17, 15) is 9.18 Å². The minimum Gasteiger partial charge on any atom is -0.479 e. The van der Waals surface area contributed by atoms with Crippen molar-refractivity contribution in [1.82, 2.24) is 15.3 Å². The van der Waals surface area contributed by atoms with Gasteiger partial charge < -0.3 is 15.0 Å². The van der Waals surface area contributed by atoms with E-state index in [1.807, 2.05) is 6.92 Å². The molecule has 7 heteroatoms. The Labute approximate surface area is 97.8 Å². The molecule has 6 nitrogen and oxygen atoms in total. The van der Waals surface area contributed by atoms with Crippen LogP contribution in [0.3, 0.4) is 0 Å². The number of carbonyl (C=O) groups is 1. The number of anilines is 1. The highest BCUT2D eigenvalue weighted by Crippen LogP contribution is 2.17. The van der Waals surface area contributed by atoms with E-state index in [0.717, 1.165) is 6.20 Å². The van der Waals surface area contributed by atoms with Crippen molar-refractivity contribution in [1.29, 1.82) is 0 Å². The summed E-state index contributed by atoms with van der Waals surface area (Å²) in [4.78, 5) is 20.8. The highest BCUT2D eigenvalue weighted by Gasteiger charge is 2.24. The quantitative estimate of drug-likeness (QED) is 0.785. The first-order chi connectivity index (χ1) is 8.10. The molecule has 1 aliphatic rings. The summed E-state index contributed by atoms with van der Waals surface area (Å²) in [5.74, 6) is -0.542. The van der Waals surface area contributed by atoms with E-state index in [0.29, 0.717) is 12.5 Å². The van der Waals surface area contributed by atoms with Crippen molar-refractivity contribution in [2.45, 2.75) is 13.0 Å². The number of methoxy groups -OCH3 is 1. The molecule has 1 amide bonds. The fourth-order valence-electron chi connectivity index (χ4n) is 1.73. The van der Waals surface area contributed by atoms with Crippen LogP contribution in [0.1, 0.15) is 6.92 Å². The lowest BCUT2D eigenvalue weighted by molar-refractivity contribution is -0.121. The molecule has 92 valence electrons. The third-order valence-corrected chi connectivity index (χ3v) is 2.41. The molecular weight excluding hydrogens is 227 g/mol. The van der Waals surface area contributed by atoms with Crippen LogP contribution < -0.4 is 15.0 Å². The summed E-state index contributed by atoms with van der Waals surface area (Å²) in [6.07, 6.45) is 1.04. The predicted octanol–water partition coefficient (Wildman–Crippen LogP) is -0.0510. The van der Waals surface area contributed by atoms with E-state index in [2.05, 4.69) is 15.3 Å². The summed E-state index contributed by atoms with van der Waals surface area (Å²) < 4.78 is 17.9. The third kappa shape index (κ3) is 2.43. The lowest BCUT2D eigenvalue weighted by Crippen LogP contribution is -2.53. The fourth-order valence-corrected chi connectivity index (χ4v) is 1.73. The minimum absolute atomic E-state index is 0.0101. The smallest absolute Gasteiger partial charge is 0.255 e. The molecule has 2 rings (SSSR count). The van der Waals surface area contributed by atoms with E-state index in [4.69, 9.17) is 4.74 Å². The van der Waals surface area contributed by atoms with E-state index < -0.39 is 5.82 Å². The third-order valence-electron chi connectivity index (χ3n) is 2.41. The van der Waals surface area contributed by atoms with E-state index in [1.165, 1.54) is 7.11 Å². The first-order valence-electron chi connectivity index (χ1n) is 5.21. The zero-order valence-corrected chi connectivity index (χ0v) is 9.61. The standard InChI is InChI=1S/C10H13FN4O2/c1-6-4-15(5-8(16)13-6)10-12-3-7(11)9(14-10)17-2/h3,6H,4-5H2,1-2H3,(H,13,16)/t6-/m1/s1. The van der Waals surface area contributed by atoms with Crippen LogP contribution in [-0.2, 0) is 4.79 Å². The fraction of sp³-hybridized carbons (Fsp3) is 0.500. The summed E-state index contributed by atoms with van der Waals surface area (Å²) >= 11 is 0. The van der Waals surface area contributed by atoms with Crippen molar-refractivity contribution in [3.63, 3.8) is 0 Å². The molecule has 0 unspecified atom stereocenters. The molecule has 0 aromatic carbocycles. The average Bonchev–Trinajstić information content (AvgIpc) is 2.28. The lowest BCUT2D eigenvalue weighted by Gasteiger charge is -2.31.